The van der Waals surface area contributed by atoms with Gasteiger partial charge in [0.15, 0.2) is 0 Å². The molecule has 4 nitrogen and oxygen atoms in total. The Kier molecular flexibility index (Phi) is 2.74. The molecule has 4 rings (SSSR count). The van der Waals surface area contributed by atoms with Crippen LogP contribution in [0.25, 0.3) is 0 Å². The molecule has 0 aromatic heterocycles. The second kappa shape index (κ2) is 4.45. The Labute approximate surface area is 129 Å². The number of benzene rings is 1. The molecular weight excluding hydrogens is 278 g/mol. The van der Waals surface area contributed by atoms with E-state index in [0.29, 0.717) is 0 Å². The second-order valence-corrected chi connectivity index (χ2v) is 6.86. The number of carbonyl (C=O) groups is 2. The van der Waals surface area contributed by atoms with Gasteiger partial charge in [-0.05, 0) is 48.6 Å². The highest BCUT2D eigenvalue weighted by atomic mass is 16.4. The van der Waals surface area contributed by atoms with Gasteiger partial charge in [0.05, 0.1) is 11.8 Å². The van der Waals surface area contributed by atoms with E-state index in [1.807, 2.05) is 37.3 Å². The SMILES string of the molecule is Cc1ccccc1NC(=O)[C@H]1[C@H](C(=O)O)[C@H]2C=C[C@H]1C21CC1. The van der Waals surface area contributed by atoms with Gasteiger partial charge in [-0.15, -0.1) is 0 Å². The van der Waals surface area contributed by atoms with Gasteiger partial charge in [-0.3, -0.25) is 9.59 Å². The van der Waals surface area contributed by atoms with Crippen molar-refractivity contribution in [3.8, 4) is 0 Å². The van der Waals surface area contributed by atoms with E-state index in [-0.39, 0.29) is 23.2 Å². The highest BCUT2D eigenvalue weighted by Gasteiger charge is 2.70. The Balaban J connectivity index is 1.64. The van der Waals surface area contributed by atoms with Gasteiger partial charge < -0.3 is 10.4 Å². The molecule has 3 aliphatic rings. The number of hydrogen-bond acceptors (Lipinski definition) is 2. The summed E-state index contributed by atoms with van der Waals surface area (Å²) >= 11 is 0. The van der Waals surface area contributed by atoms with Crippen LogP contribution in [0.4, 0.5) is 5.69 Å². The normalized spacial score (nSPS) is 33.1. The summed E-state index contributed by atoms with van der Waals surface area (Å²) in [5.74, 6) is -1.90. The lowest BCUT2D eigenvalue weighted by Gasteiger charge is -2.24. The fourth-order valence-corrected chi connectivity index (χ4v) is 4.62. The zero-order valence-corrected chi connectivity index (χ0v) is 12.5. The van der Waals surface area contributed by atoms with Crippen LogP contribution in [-0.2, 0) is 9.59 Å². The van der Waals surface area contributed by atoms with E-state index in [9.17, 15) is 14.7 Å². The predicted molar refractivity (Wildman–Crippen MR) is 82.2 cm³/mol. The van der Waals surface area contributed by atoms with Gasteiger partial charge >= 0.3 is 5.97 Å². The molecule has 4 atom stereocenters. The third kappa shape index (κ3) is 1.70. The van der Waals surface area contributed by atoms with Gasteiger partial charge in [-0.25, -0.2) is 0 Å². The minimum absolute atomic E-state index is 0.0302. The number of anilines is 1. The van der Waals surface area contributed by atoms with Gasteiger partial charge in [0.1, 0.15) is 0 Å². The number of amides is 1. The maximum Gasteiger partial charge on any atom is 0.307 e. The highest BCUT2D eigenvalue weighted by Crippen LogP contribution is 2.72. The molecule has 0 radical (unpaired) electrons. The molecule has 1 aromatic carbocycles. The first-order valence-corrected chi connectivity index (χ1v) is 7.82. The van der Waals surface area contributed by atoms with Crippen molar-refractivity contribution < 1.29 is 14.7 Å². The Morgan fingerprint density at radius 3 is 2.36 bits per heavy atom. The van der Waals surface area contributed by atoms with E-state index in [1.54, 1.807) is 0 Å². The molecule has 0 unspecified atom stereocenters. The molecule has 2 N–H and O–H groups in total. The molecule has 2 fully saturated rings. The Morgan fingerprint density at radius 1 is 1.14 bits per heavy atom. The number of aliphatic carboxylic acids is 1. The first-order chi connectivity index (χ1) is 10.5. The predicted octanol–water partition coefficient (Wildman–Crippen LogP) is 2.85. The summed E-state index contributed by atoms with van der Waals surface area (Å²) < 4.78 is 0. The minimum Gasteiger partial charge on any atom is -0.481 e. The van der Waals surface area contributed by atoms with Crippen LogP contribution in [-0.4, -0.2) is 17.0 Å². The van der Waals surface area contributed by atoms with Crippen LogP contribution >= 0.6 is 0 Å². The molecule has 2 bridgehead atoms. The average Bonchev–Trinajstić information content (AvgIpc) is 3.15. The zero-order valence-electron chi connectivity index (χ0n) is 12.5. The van der Waals surface area contributed by atoms with Crippen molar-refractivity contribution in [2.24, 2.45) is 29.1 Å². The molecule has 0 heterocycles. The molecule has 1 amide bonds. The Hall–Kier alpha value is -2.10. The maximum atomic E-state index is 12.8. The zero-order chi connectivity index (χ0) is 15.5. The molecule has 114 valence electrons. The summed E-state index contributed by atoms with van der Waals surface area (Å²) in [6.07, 6.45) is 6.22. The van der Waals surface area contributed by atoms with Gasteiger partial charge in [-0.2, -0.15) is 0 Å². The topological polar surface area (TPSA) is 66.4 Å². The molecule has 1 spiro atoms. The number of aryl methyl sites for hydroxylation is 1. The Bertz CT molecular complexity index is 689. The van der Waals surface area contributed by atoms with Gasteiger partial charge in [0.25, 0.3) is 0 Å². The van der Waals surface area contributed by atoms with Crippen LogP contribution in [0.5, 0.6) is 0 Å². The highest BCUT2D eigenvalue weighted by molar-refractivity contribution is 5.97. The van der Waals surface area contributed by atoms with Crippen LogP contribution in [0.1, 0.15) is 18.4 Å². The molecular formula is C18H19NO3. The van der Waals surface area contributed by atoms with Crippen LogP contribution in [0.15, 0.2) is 36.4 Å². The van der Waals surface area contributed by atoms with Crippen molar-refractivity contribution in [2.75, 3.05) is 5.32 Å². The molecule has 3 aliphatic carbocycles. The van der Waals surface area contributed by atoms with Crippen LogP contribution in [0, 0.1) is 36.0 Å². The minimum atomic E-state index is -0.840. The first kappa shape index (κ1) is 13.6. The molecule has 4 heteroatoms. The summed E-state index contributed by atoms with van der Waals surface area (Å²) in [6, 6.07) is 7.59. The van der Waals surface area contributed by atoms with Crippen molar-refractivity contribution in [3.05, 3.63) is 42.0 Å². The molecule has 2 saturated carbocycles. The van der Waals surface area contributed by atoms with Crippen molar-refractivity contribution in [2.45, 2.75) is 19.8 Å². The summed E-state index contributed by atoms with van der Waals surface area (Å²) in [5.41, 5.74) is 1.83. The number of rotatable bonds is 3. The number of carbonyl (C=O) groups excluding carboxylic acids is 1. The molecule has 0 aliphatic heterocycles. The van der Waals surface area contributed by atoms with E-state index in [2.05, 4.69) is 11.4 Å². The fourth-order valence-electron chi connectivity index (χ4n) is 4.62. The van der Waals surface area contributed by atoms with Crippen molar-refractivity contribution in [3.63, 3.8) is 0 Å². The van der Waals surface area contributed by atoms with E-state index >= 15 is 0 Å². The van der Waals surface area contributed by atoms with Gasteiger partial charge in [-0.1, -0.05) is 30.4 Å². The molecule has 22 heavy (non-hydrogen) atoms. The number of allylic oxidation sites excluding steroid dienone is 2. The third-order valence-corrected chi connectivity index (χ3v) is 5.83. The van der Waals surface area contributed by atoms with E-state index in [0.717, 1.165) is 24.1 Å². The van der Waals surface area contributed by atoms with Crippen molar-refractivity contribution >= 4 is 17.6 Å². The summed E-state index contributed by atoms with van der Waals surface area (Å²) in [4.78, 5) is 24.5. The molecule has 1 aromatic rings. The van der Waals surface area contributed by atoms with Gasteiger partial charge in [0, 0.05) is 5.69 Å². The lowest BCUT2D eigenvalue weighted by Crippen LogP contribution is -2.36. The monoisotopic (exact) mass is 297 g/mol. The van der Waals surface area contributed by atoms with E-state index in [1.165, 1.54) is 0 Å². The number of carboxylic acids is 1. The van der Waals surface area contributed by atoms with Crippen LogP contribution < -0.4 is 5.32 Å². The van der Waals surface area contributed by atoms with Crippen LogP contribution in [0.3, 0.4) is 0 Å². The van der Waals surface area contributed by atoms with E-state index in [4.69, 9.17) is 0 Å². The number of nitrogens with one attached hydrogen (secondary N) is 1. The summed E-state index contributed by atoms with van der Waals surface area (Å²) in [6.45, 7) is 1.94. The fraction of sp³-hybridized carbons (Fsp3) is 0.444. The average molecular weight is 297 g/mol. The second-order valence-electron chi connectivity index (χ2n) is 6.86. The lowest BCUT2D eigenvalue weighted by atomic mass is 9.82. The molecule has 0 saturated heterocycles. The largest absolute Gasteiger partial charge is 0.481 e. The number of hydrogen-bond donors (Lipinski definition) is 2. The van der Waals surface area contributed by atoms with Crippen LogP contribution in [0.2, 0.25) is 0 Å². The number of para-hydroxylation sites is 1. The first-order valence-electron chi connectivity index (χ1n) is 7.82. The lowest BCUT2D eigenvalue weighted by molar-refractivity contribution is -0.146. The summed E-state index contributed by atoms with van der Waals surface area (Å²) in [7, 11) is 0. The summed E-state index contributed by atoms with van der Waals surface area (Å²) in [5, 5.41) is 12.6. The standard InChI is InChI=1S/C18H19NO3/c1-10-4-2-3-5-13(10)19-16(20)14-11-6-7-12(15(14)17(21)22)18(11)8-9-18/h2-7,11-12,14-15H,8-9H2,1H3,(H,19,20)(H,21,22)/t11-,12-,14-,15-/m1/s1. The number of carboxylic acid groups (broad SMARTS) is 1. The maximum absolute atomic E-state index is 12.8. The van der Waals surface area contributed by atoms with Gasteiger partial charge in [0.2, 0.25) is 5.91 Å². The van der Waals surface area contributed by atoms with Crippen molar-refractivity contribution in [1.82, 2.24) is 0 Å². The van der Waals surface area contributed by atoms with Crippen molar-refractivity contribution in [1.29, 1.82) is 0 Å². The Morgan fingerprint density at radius 2 is 1.77 bits per heavy atom. The van der Waals surface area contributed by atoms with E-state index < -0.39 is 17.8 Å². The quantitative estimate of drug-likeness (QED) is 0.843. The smallest absolute Gasteiger partial charge is 0.307 e. The third-order valence-electron chi connectivity index (χ3n) is 5.83.